The predicted molar refractivity (Wildman–Crippen MR) is 83.8 cm³/mol. The molecule has 0 unspecified atom stereocenters. The Labute approximate surface area is 123 Å². The van der Waals surface area contributed by atoms with Gasteiger partial charge in [0.15, 0.2) is 0 Å². The first kappa shape index (κ1) is 13.6. The van der Waals surface area contributed by atoms with Crippen molar-refractivity contribution in [2.45, 2.75) is 6.54 Å². The lowest BCUT2D eigenvalue weighted by Crippen LogP contribution is -2.00. The van der Waals surface area contributed by atoms with Gasteiger partial charge in [-0.15, -0.1) is 0 Å². The molecule has 0 spiro atoms. The van der Waals surface area contributed by atoms with Gasteiger partial charge < -0.3 is 10.5 Å². The minimum Gasteiger partial charge on any atom is -0.496 e. The normalized spacial score (nSPS) is 10.8. The summed E-state index contributed by atoms with van der Waals surface area (Å²) < 4.78 is 19.2. The Morgan fingerprint density at radius 3 is 2.48 bits per heavy atom. The largest absolute Gasteiger partial charge is 0.496 e. The first-order chi connectivity index (χ1) is 10.2. The lowest BCUT2D eigenvalue weighted by molar-refractivity contribution is 0.410. The minimum atomic E-state index is -0.207. The Hall–Kier alpha value is -2.39. The highest BCUT2D eigenvalue weighted by atomic mass is 19.1. The quantitative estimate of drug-likeness (QED) is 0.784. The first-order valence-electron chi connectivity index (χ1n) is 6.79. The highest BCUT2D eigenvalue weighted by molar-refractivity contribution is 5.97. The predicted octanol–water partition coefficient (Wildman–Crippen LogP) is 4.11. The fourth-order valence-electron chi connectivity index (χ4n) is 2.62. The molecular formula is C18H16FNO. The molecule has 0 heterocycles. The lowest BCUT2D eigenvalue weighted by atomic mass is 9.96. The summed E-state index contributed by atoms with van der Waals surface area (Å²) in [5.41, 5.74) is 8.70. The summed E-state index contributed by atoms with van der Waals surface area (Å²) in [6.07, 6.45) is 0. The van der Waals surface area contributed by atoms with Crippen molar-refractivity contribution >= 4 is 10.8 Å². The van der Waals surface area contributed by atoms with Crippen molar-refractivity contribution in [3.8, 4) is 16.9 Å². The van der Waals surface area contributed by atoms with Crippen molar-refractivity contribution in [1.82, 2.24) is 0 Å². The van der Waals surface area contributed by atoms with E-state index in [1.807, 2.05) is 36.4 Å². The average molecular weight is 281 g/mol. The third-order valence-corrected chi connectivity index (χ3v) is 3.68. The molecule has 0 saturated carbocycles. The number of rotatable bonds is 3. The molecule has 21 heavy (non-hydrogen) atoms. The Balaban J connectivity index is 2.23. The highest BCUT2D eigenvalue weighted by Crippen LogP contribution is 2.32. The molecule has 3 rings (SSSR count). The molecule has 0 amide bonds. The second-order valence-electron chi connectivity index (χ2n) is 4.87. The molecule has 0 bridgehead atoms. The molecule has 3 aromatic carbocycles. The van der Waals surface area contributed by atoms with E-state index in [4.69, 9.17) is 10.5 Å². The average Bonchev–Trinajstić information content (AvgIpc) is 2.55. The van der Waals surface area contributed by atoms with Gasteiger partial charge in [-0.25, -0.2) is 4.39 Å². The maximum absolute atomic E-state index is 13.9. The van der Waals surface area contributed by atoms with Crippen LogP contribution in [0.2, 0.25) is 0 Å². The van der Waals surface area contributed by atoms with Crippen LogP contribution in [-0.4, -0.2) is 7.11 Å². The molecule has 3 heteroatoms. The summed E-state index contributed by atoms with van der Waals surface area (Å²) >= 11 is 0. The SMILES string of the molecule is COc1ccc(-c2ccc(F)c3ccccc23)cc1CN. The van der Waals surface area contributed by atoms with Crippen LogP contribution in [0.1, 0.15) is 5.56 Å². The van der Waals surface area contributed by atoms with Crippen molar-refractivity contribution in [2.24, 2.45) is 5.73 Å². The zero-order chi connectivity index (χ0) is 14.8. The van der Waals surface area contributed by atoms with Crippen LogP contribution in [0, 0.1) is 5.82 Å². The first-order valence-corrected chi connectivity index (χ1v) is 6.79. The Morgan fingerprint density at radius 1 is 1.00 bits per heavy atom. The monoisotopic (exact) mass is 281 g/mol. The van der Waals surface area contributed by atoms with E-state index in [9.17, 15) is 4.39 Å². The van der Waals surface area contributed by atoms with Crippen molar-refractivity contribution in [2.75, 3.05) is 7.11 Å². The van der Waals surface area contributed by atoms with E-state index in [2.05, 4.69) is 0 Å². The van der Waals surface area contributed by atoms with E-state index in [0.717, 1.165) is 27.8 Å². The molecule has 0 aromatic heterocycles. The number of hydrogen-bond donors (Lipinski definition) is 1. The molecule has 3 aromatic rings. The summed E-state index contributed by atoms with van der Waals surface area (Å²) in [5.74, 6) is 0.564. The molecule has 0 aliphatic carbocycles. The Morgan fingerprint density at radius 2 is 1.76 bits per heavy atom. The Bertz CT molecular complexity index is 798. The van der Waals surface area contributed by atoms with E-state index < -0.39 is 0 Å². The molecule has 0 atom stereocenters. The fourth-order valence-corrected chi connectivity index (χ4v) is 2.62. The molecule has 2 N–H and O–H groups in total. The molecule has 2 nitrogen and oxygen atoms in total. The van der Waals surface area contributed by atoms with Crippen LogP contribution in [0.3, 0.4) is 0 Å². The second kappa shape index (κ2) is 5.54. The van der Waals surface area contributed by atoms with Gasteiger partial charge in [-0.3, -0.25) is 0 Å². The van der Waals surface area contributed by atoms with Gasteiger partial charge in [0.05, 0.1) is 7.11 Å². The maximum Gasteiger partial charge on any atom is 0.131 e. The van der Waals surface area contributed by atoms with Crippen molar-refractivity contribution in [3.05, 3.63) is 66.0 Å². The van der Waals surface area contributed by atoms with Gasteiger partial charge >= 0.3 is 0 Å². The molecule has 0 fully saturated rings. The van der Waals surface area contributed by atoms with E-state index in [1.54, 1.807) is 19.2 Å². The van der Waals surface area contributed by atoms with Gasteiger partial charge in [-0.2, -0.15) is 0 Å². The maximum atomic E-state index is 13.9. The number of fused-ring (bicyclic) bond motifs is 1. The second-order valence-corrected chi connectivity index (χ2v) is 4.87. The van der Waals surface area contributed by atoms with E-state index in [1.165, 1.54) is 6.07 Å². The molecule has 0 aliphatic rings. The van der Waals surface area contributed by atoms with Gasteiger partial charge in [-0.1, -0.05) is 36.4 Å². The highest BCUT2D eigenvalue weighted by Gasteiger charge is 2.09. The third kappa shape index (κ3) is 2.36. The van der Waals surface area contributed by atoms with Gasteiger partial charge in [-0.05, 0) is 34.7 Å². The zero-order valence-electron chi connectivity index (χ0n) is 11.8. The summed E-state index contributed by atoms with van der Waals surface area (Å²) in [6.45, 7) is 0.399. The summed E-state index contributed by atoms with van der Waals surface area (Å²) in [4.78, 5) is 0. The van der Waals surface area contributed by atoms with E-state index in [0.29, 0.717) is 11.9 Å². The van der Waals surface area contributed by atoms with Gasteiger partial charge in [0, 0.05) is 17.5 Å². The van der Waals surface area contributed by atoms with Gasteiger partial charge in [0.2, 0.25) is 0 Å². The van der Waals surface area contributed by atoms with Crippen LogP contribution in [-0.2, 0) is 6.54 Å². The number of benzene rings is 3. The number of methoxy groups -OCH3 is 1. The van der Waals surface area contributed by atoms with Crippen molar-refractivity contribution in [1.29, 1.82) is 0 Å². The zero-order valence-corrected chi connectivity index (χ0v) is 11.8. The third-order valence-electron chi connectivity index (χ3n) is 3.68. The number of nitrogens with two attached hydrogens (primary N) is 1. The summed E-state index contributed by atoms with van der Waals surface area (Å²) in [5, 5.41) is 1.52. The van der Waals surface area contributed by atoms with Crippen molar-refractivity contribution < 1.29 is 9.13 Å². The molecule has 0 aliphatic heterocycles. The molecule has 0 saturated heterocycles. The molecule has 0 radical (unpaired) electrons. The lowest BCUT2D eigenvalue weighted by Gasteiger charge is -2.12. The van der Waals surface area contributed by atoms with Crippen LogP contribution in [0.25, 0.3) is 21.9 Å². The Kier molecular flexibility index (Phi) is 3.59. The summed E-state index contributed by atoms with van der Waals surface area (Å²) in [7, 11) is 1.63. The minimum absolute atomic E-state index is 0.207. The topological polar surface area (TPSA) is 35.2 Å². The van der Waals surface area contributed by atoms with Crippen LogP contribution >= 0.6 is 0 Å². The molecule has 106 valence electrons. The van der Waals surface area contributed by atoms with Crippen molar-refractivity contribution in [3.63, 3.8) is 0 Å². The number of hydrogen-bond acceptors (Lipinski definition) is 2. The van der Waals surface area contributed by atoms with Gasteiger partial charge in [0.1, 0.15) is 11.6 Å². The smallest absolute Gasteiger partial charge is 0.131 e. The molecular weight excluding hydrogens is 265 g/mol. The summed E-state index contributed by atoms with van der Waals surface area (Å²) in [6, 6.07) is 16.7. The standard InChI is InChI=1S/C18H16FNO/c1-21-18-9-6-12(10-13(18)11-20)14-7-8-17(19)16-5-3-2-4-15(14)16/h2-10H,11,20H2,1H3. The van der Waals surface area contributed by atoms with E-state index >= 15 is 0 Å². The fraction of sp³-hybridized carbons (Fsp3) is 0.111. The van der Waals surface area contributed by atoms with Crippen LogP contribution < -0.4 is 10.5 Å². The number of ether oxygens (including phenoxy) is 1. The van der Waals surface area contributed by atoms with Crippen LogP contribution in [0.15, 0.2) is 54.6 Å². The van der Waals surface area contributed by atoms with E-state index in [-0.39, 0.29) is 5.82 Å². The number of halogens is 1. The van der Waals surface area contributed by atoms with Gasteiger partial charge in [0.25, 0.3) is 0 Å². The van der Waals surface area contributed by atoms with Crippen LogP contribution in [0.4, 0.5) is 4.39 Å². The van der Waals surface area contributed by atoms with Crippen LogP contribution in [0.5, 0.6) is 5.75 Å².